The first-order chi connectivity index (χ1) is 11.2. The minimum absolute atomic E-state index is 0.00865. The van der Waals surface area contributed by atoms with Gasteiger partial charge in [0.15, 0.2) is 0 Å². The number of carbonyl (C=O) groups is 2. The Hall–Kier alpha value is -1.68. The smallest absolute Gasteiger partial charge is 0.232 e. The fourth-order valence-corrected chi connectivity index (χ4v) is 3.70. The number of amides is 2. The summed E-state index contributed by atoms with van der Waals surface area (Å²) in [6, 6.07) is 10.2. The molecular weight excluding hydrogens is 290 g/mol. The molecule has 4 nitrogen and oxygen atoms in total. The molecule has 2 amide bonds. The number of nitrogens with zero attached hydrogens (tertiary/aromatic N) is 1. The summed E-state index contributed by atoms with van der Waals surface area (Å²) in [4.78, 5) is 26.0. The van der Waals surface area contributed by atoms with Crippen LogP contribution >= 0.6 is 0 Å². The van der Waals surface area contributed by atoms with Crippen molar-refractivity contribution in [1.29, 1.82) is 0 Å². The number of benzene rings is 1. The molecule has 0 unspecified atom stereocenters. The van der Waals surface area contributed by atoms with Gasteiger partial charge in [-0.05, 0) is 24.8 Å². The standard InChI is InChI=1S/C19H25NO3/c1-14-13-18(21)20(19(14)22)16-9-5-6-10-17(16)23-12-11-15-7-3-2-4-8-15/h2-4,7-8,14,16-17H,5-6,9-13H2,1H3/t14-,16-,17-/m0/s1. The lowest BCUT2D eigenvalue weighted by Crippen LogP contribution is -2.49. The van der Waals surface area contributed by atoms with E-state index in [1.807, 2.05) is 25.1 Å². The monoisotopic (exact) mass is 315 g/mol. The molecule has 1 aromatic rings. The van der Waals surface area contributed by atoms with E-state index in [9.17, 15) is 9.59 Å². The zero-order valence-corrected chi connectivity index (χ0v) is 13.7. The van der Waals surface area contributed by atoms with E-state index in [4.69, 9.17) is 4.74 Å². The molecule has 2 aliphatic rings. The van der Waals surface area contributed by atoms with Crippen LogP contribution in [0, 0.1) is 5.92 Å². The topological polar surface area (TPSA) is 46.6 Å². The molecule has 1 aliphatic heterocycles. The lowest BCUT2D eigenvalue weighted by atomic mass is 9.91. The van der Waals surface area contributed by atoms with Crippen LogP contribution in [0.4, 0.5) is 0 Å². The predicted molar refractivity (Wildman–Crippen MR) is 87.8 cm³/mol. The normalized spacial score (nSPS) is 28.4. The number of rotatable bonds is 5. The number of imide groups is 1. The highest BCUT2D eigenvalue weighted by molar-refractivity contribution is 6.03. The Kier molecular flexibility index (Phi) is 5.11. The first-order valence-electron chi connectivity index (χ1n) is 8.68. The van der Waals surface area contributed by atoms with E-state index in [2.05, 4.69) is 12.1 Å². The molecule has 1 saturated carbocycles. The number of hydrogen-bond acceptors (Lipinski definition) is 3. The molecule has 4 heteroatoms. The maximum absolute atomic E-state index is 12.3. The molecule has 23 heavy (non-hydrogen) atoms. The van der Waals surface area contributed by atoms with E-state index in [0.717, 1.165) is 32.1 Å². The summed E-state index contributed by atoms with van der Waals surface area (Å²) >= 11 is 0. The van der Waals surface area contributed by atoms with Gasteiger partial charge in [0.1, 0.15) is 0 Å². The second-order valence-electron chi connectivity index (χ2n) is 6.70. The molecular formula is C19H25NO3. The highest BCUT2D eigenvalue weighted by Gasteiger charge is 2.43. The van der Waals surface area contributed by atoms with Gasteiger partial charge < -0.3 is 4.74 Å². The van der Waals surface area contributed by atoms with Crippen molar-refractivity contribution in [2.45, 2.75) is 57.6 Å². The Morgan fingerprint density at radius 2 is 1.87 bits per heavy atom. The summed E-state index contributed by atoms with van der Waals surface area (Å²) in [5, 5.41) is 0. The first kappa shape index (κ1) is 16.2. The molecule has 124 valence electrons. The molecule has 1 saturated heterocycles. The zero-order chi connectivity index (χ0) is 16.2. The minimum atomic E-state index is -0.172. The summed E-state index contributed by atoms with van der Waals surface area (Å²) in [5.41, 5.74) is 1.25. The Morgan fingerprint density at radius 1 is 1.13 bits per heavy atom. The average Bonchev–Trinajstić information content (AvgIpc) is 2.82. The van der Waals surface area contributed by atoms with E-state index in [1.165, 1.54) is 10.5 Å². The third-order valence-corrected chi connectivity index (χ3v) is 4.97. The molecule has 0 spiro atoms. The number of likely N-dealkylation sites (tertiary alicyclic amines) is 1. The minimum Gasteiger partial charge on any atom is -0.376 e. The van der Waals surface area contributed by atoms with Crippen LogP contribution in [0.5, 0.6) is 0 Å². The molecule has 2 fully saturated rings. The van der Waals surface area contributed by atoms with Crippen LogP contribution in [0.25, 0.3) is 0 Å². The zero-order valence-electron chi connectivity index (χ0n) is 13.7. The average molecular weight is 315 g/mol. The van der Waals surface area contributed by atoms with Crippen molar-refractivity contribution >= 4 is 11.8 Å². The van der Waals surface area contributed by atoms with Crippen molar-refractivity contribution in [3.05, 3.63) is 35.9 Å². The Labute approximate surface area is 137 Å². The van der Waals surface area contributed by atoms with Gasteiger partial charge in [-0.25, -0.2) is 0 Å². The summed E-state index contributed by atoms with van der Waals surface area (Å²) < 4.78 is 6.10. The van der Waals surface area contributed by atoms with Crippen molar-refractivity contribution in [2.75, 3.05) is 6.61 Å². The summed E-state index contributed by atoms with van der Waals surface area (Å²) in [6.07, 6.45) is 5.19. The van der Waals surface area contributed by atoms with Gasteiger partial charge in [0.2, 0.25) is 11.8 Å². The number of hydrogen-bond donors (Lipinski definition) is 0. The Balaban J connectivity index is 1.60. The van der Waals surface area contributed by atoms with Gasteiger partial charge in [0, 0.05) is 12.3 Å². The second-order valence-corrected chi connectivity index (χ2v) is 6.70. The van der Waals surface area contributed by atoms with Gasteiger partial charge in [0.25, 0.3) is 0 Å². The van der Waals surface area contributed by atoms with Gasteiger partial charge >= 0.3 is 0 Å². The molecule has 0 radical (unpaired) electrons. The third-order valence-electron chi connectivity index (χ3n) is 4.97. The van der Waals surface area contributed by atoms with Crippen LogP contribution in [0.1, 0.15) is 44.6 Å². The van der Waals surface area contributed by atoms with Crippen molar-refractivity contribution in [2.24, 2.45) is 5.92 Å². The molecule has 3 atom stereocenters. The molecule has 0 N–H and O–H groups in total. The SMILES string of the molecule is C[C@H]1CC(=O)N([C@H]2CCCC[C@@H]2OCCc2ccccc2)C1=O. The fourth-order valence-electron chi connectivity index (χ4n) is 3.70. The molecule has 0 aromatic heterocycles. The largest absolute Gasteiger partial charge is 0.376 e. The third kappa shape index (κ3) is 3.63. The first-order valence-corrected chi connectivity index (χ1v) is 8.68. The molecule has 0 bridgehead atoms. The van der Waals surface area contributed by atoms with Gasteiger partial charge in [-0.2, -0.15) is 0 Å². The van der Waals surface area contributed by atoms with E-state index in [1.54, 1.807) is 0 Å². The quantitative estimate of drug-likeness (QED) is 0.785. The van der Waals surface area contributed by atoms with Crippen LogP contribution in [-0.4, -0.2) is 35.5 Å². The number of ether oxygens (including phenoxy) is 1. The lowest BCUT2D eigenvalue weighted by Gasteiger charge is -2.36. The summed E-state index contributed by atoms with van der Waals surface area (Å²) in [7, 11) is 0. The number of carbonyl (C=O) groups excluding carboxylic acids is 2. The van der Waals surface area contributed by atoms with E-state index in [-0.39, 0.29) is 29.9 Å². The van der Waals surface area contributed by atoms with Gasteiger partial charge in [-0.15, -0.1) is 0 Å². The van der Waals surface area contributed by atoms with Crippen molar-refractivity contribution < 1.29 is 14.3 Å². The maximum atomic E-state index is 12.3. The molecule has 1 heterocycles. The van der Waals surface area contributed by atoms with Crippen LogP contribution < -0.4 is 0 Å². The van der Waals surface area contributed by atoms with Crippen LogP contribution in [-0.2, 0) is 20.7 Å². The van der Waals surface area contributed by atoms with Crippen molar-refractivity contribution in [3.63, 3.8) is 0 Å². The molecule has 1 aliphatic carbocycles. The van der Waals surface area contributed by atoms with Gasteiger partial charge in [-0.3, -0.25) is 14.5 Å². The highest BCUT2D eigenvalue weighted by Crippen LogP contribution is 2.31. The van der Waals surface area contributed by atoms with Crippen molar-refractivity contribution in [3.8, 4) is 0 Å². The second kappa shape index (κ2) is 7.26. The van der Waals surface area contributed by atoms with Crippen LogP contribution in [0.15, 0.2) is 30.3 Å². The van der Waals surface area contributed by atoms with E-state index in [0.29, 0.717) is 13.0 Å². The van der Waals surface area contributed by atoms with Gasteiger partial charge in [0.05, 0.1) is 18.8 Å². The summed E-state index contributed by atoms with van der Waals surface area (Å²) in [6.45, 7) is 2.48. The predicted octanol–water partition coefficient (Wildman–Crippen LogP) is 2.95. The molecule has 1 aromatic carbocycles. The lowest BCUT2D eigenvalue weighted by molar-refractivity contribution is -0.147. The fraction of sp³-hybridized carbons (Fsp3) is 0.579. The van der Waals surface area contributed by atoms with E-state index >= 15 is 0 Å². The summed E-state index contributed by atoms with van der Waals surface area (Å²) in [5.74, 6) is -0.209. The van der Waals surface area contributed by atoms with Crippen molar-refractivity contribution in [1.82, 2.24) is 4.90 Å². The molecule has 3 rings (SSSR count). The Morgan fingerprint density at radius 3 is 2.57 bits per heavy atom. The van der Waals surface area contributed by atoms with Crippen LogP contribution in [0.2, 0.25) is 0 Å². The Bertz CT molecular complexity index is 557. The van der Waals surface area contributed by atoms with E-state index < -0.39 is 0 Å². The highest BCUT2D eigenvalue weighted by atomic mass is 16.5. The van der Waals surface area contributed by atoms with Gasteiger partial charge in [-0.1, -0.05) is 50.1 Å². The maximum Gasteiger partial charge on any atom is 0.232 e. The van der Waals surface area contributed by atoms with Crippen LogP contribution in [0.3, 0.4) is 0 Å².